The second-order valence-electron chi connectivity index (χ2n) is 3.98. The summed E-state index contributed by atoms with van der Waals surface area (Å²) in [5.41, 5.74) is 0.997. The molecule has 7 heteroatoms. The normalized spacial score (nSPS) is 9.81. The summed E-state index contributed by atoms with van der Waals surface area (Å²) in [6, 6.07) is 10.3. The molecular formula is C14H12ClN3O2S. The number of aromatic nitrogens is 1. The third kappa shape index (κ3) is 4.14. The van der Waals surface area contributed by atoms with Crippen LogP contribution in [0.1, 0.15) is 10.4 Å². The predicted octanol–water partition coefficient (Wildman–Crippen LogP) is 2.87. The number of pyridine rings is 1. The molecule has 1 amide bonds. The fourth-order valence-electron chi connectivity index (χ4n) is 1.56. The number of hydrogen-bond acceptors (Lipinski definition) is 4. The van der Waals surface area contributed by atoms with Gasteiger partial charge < -0.3 is 10.1 Å². The van der Waals surface area contributed by atoms with Crippen molar-refractivity contribution in [2.24, 2.45) is 0 Å². The Bertz CT molecular complexity index is 662. The number of amides is 1. The van der Waals surface area contributed by atoms with E-state index in [9.17, 15) is 4.79 Å². The van der Waals surface area contributed by atoms with Crippen LogP contribution in [0, 0.1) is 0 Å². The van der Waals surface area contributed by atoms with Gasteiger partial charge in [-0.1, -0.05) is 11.6 Å². The highest BCUT2D eigenvalue weighted by atomic mass is 35.5. The van der Waals surface area contributed by atoms with Crippen LogP contribution in [-0.4, -0.2) is 23.1 Å². The minimum atomic E-state index is -0.417. The zero-order valence-corrected chi connectivity index (χ0v) is 12.7. The van der Waals surface area contributed by atoms with E-state index < -0.39 is 5.91 Å². The van der Waals surface area contributed by atoms with Gasteiger partial charge in [0.05, 0.1) is 12.7 Å². The Labute approximate surface area is 132 Å². The highest BCUT2D eigenvalue weighted by Crippen LogP contribution is 2.15. The summed E-state index contributed by atoms with van der Waals surface area (Å²) in [5.74, 6) is 0.316. The number of halogens is 1. The van der Waals surface area contributed by atoms with E-state index >= 15 is 0 Å². The summed E-state index contributed by atoms with van der Waals surface area (Å²) in [5, 5.41) is 5.73. The lowest BCUT2D eigenvalue weighted by Gasteiger charge is -2.10. The number of ether oxygens (including phenoxy) is 1. The summed E-state index contributed by atoms with van der Waals surface area (Å²) in [4.78, 5) is 15.8. The fourth-order valence-corrected chi connectivity index (χ4v) is 1.98. The van der Waals surface area contributed by atoms with E-state index in [1.165, 1.54) is 6.20 Å². The van der Waals surface area contributed by atoms with E-state index in [4.69, 9.17) is 28.6 Å². The Morgan fingerprint density at radius 2 is 2.00 bits per heavy atom. The average molecular weight is 322 g/mol. The largest absolute Gasteiger partial charge is 0.497 e. The molecular weight excluding hydrogens is 310 g/mol. The number of hydrogen-bond donors (Lipinski definition) is 2. The van der Waals surface area contributed by atoms with Crippen molar-refractivity contribution in [1.82, 2.24) is 10.3 Å². The van der Waals surface area contributed by atoms with E-state index in [1.54, 1.807) is 43.5 Å². The fraction of sp³-hybridized carbons (Fsp3) is 0.0714. The van der Waals surface area contributed by atoms with E-state index in [2.05, 4.69) is 15.6 Å². The second-order valence-corrected chi connectivity index (χ2v) is 4.74. The lowest BCUT2D eigenvalue weighted by molar-refractivity contribution is 0.0977. The van der Waals surface area contributed by atoms with Crippen LogP contribution in [0.3, 0.4) is 0 Å². The van der Waals surface area contributed by atoms with Gasteiger partial charge in [-0.3, -0.25) is 10.1 Å². The molecule has 108 valence electrons. The highest BCUT2D eigenvalue weighted by Gasteiger charge is 2.12. The third-order valence-electron chi connectivity index (χ3n) is 2.58. The van der Waals surface area contributed by atoms with Gasteiger partial charge in [-0.25, -0.2) is 4.98 Å². The molecule has 0 spiro atoms. The zero-order chi connectivity index (χ0) is 15.2. The summed E-state index contributed by atoms with van der Waals surface area (Å²) in [6.45, 7) is 0. The SMILES string of the molecule is COc1ccc(NC(=S)NC(=O)c2cccnc2Cl)cc1. The number of benzene rings is 1. The van der Waals surface area contributed by atoms with Crippen LogP contribution < -0.4 is 15.4 Å². The van der Waals surface area contributed by atoms with Crippen molar-refractivity contribution in [3.8, 4) is 5.75 Å². The van der Waals surface area contributed by atoms with Crippen molar-refractivity contribution < 1.29 is 9.53 Å². The van der Waals surface area contributed by atoms with Crippen LogP contribution in [0.4, 0.5) is 5.69 Å². The van der Waals surface area contributed by atoms with Crippen molar-refractivity contribution in [1.29, 1.82) is 0 Å². The molecule has 0 atom stereocenters. The smallest absolute Gasteiger partial charge is 0.260 e. The number of rotatable bonds is 3. The Hall–Kier alpha value is -2.18. The molecule has 2 N–H and O–H groups in total. The first kappa shape index (κ1) is 15.2. The summed E-state index contributed by atoms with van der Waals surface area (Å²) < 4.78 is 5.06. The van der Waals surface area contributed by atoms with Crippen molar-refractivity contribution in [2.45, 2.75) is 0 Å². The summed E-state index contributed by atoms with van der Waals surface area (Å²) >= 11 is 10.9. The number of nitrogens with zero attached hydrogens (tertiary/aromatic N) is 1. The van der Waals surface area contributed by atoms with Gasteiger partial charge in [0.25, 0.3) is 5.91 Å². The third-order valence-corrected chi connectivity index (χ3v) is 3.08. The second kappa shape index (κ2) is 7.01. The lowest BCUT2D eigenvalue weighted by Crippen LogP contribution is -2.34. The molecule has 0 radical (unpaired) electrons. The van der Waals surface area contributed by atoms with Gasteiger partial charge in [0.2, 0.25) is 0 Å². The number of anilines is 1. The van der Waals surface area contributed by atoms with E-state index in [-0.39, 0.29) is 15.8 Å². The minimum absolute atomic E-state index is 0.127. The Balaban J connectivity index is 1.98. The maximum atomic E-state index is 12.0. The van der Waals surface area contributed by atoms with Crippen LogP contribution in [-0.2, 0) is 0 Å². The van der Waals surface area contributed by atoms with Crippen molar-refractivity contribution >= 4 is 40.5 Å². The van der Waals surface area contributed by atoms with E-state index in [1.807, 2.05) is 0 Å². The Kier molecular flexibility index (Phi) is 5.08. The summed E-state index contributed by atoms with van der Waals surface area (Å²) in [6.07, 6.45) is 1.51. The average Bonchev–Trinajstić information content (AvgIpc) is 2.48. The molecule has 2 rings (SSSR count). The monoisotopic (exact) mass is 321 g/mol. The number of carbonyl (C=O) groups excluding carboxylic acids is 1. The first-order valence-corrected chi connectivity index (χ1v) is 6.75. The van der Waals surface area contributed by atoms with Crippen LogP contribution in [0.5, 0.6) is 5.75 Å². The molecule has 2 aromatic rings. The molecule has 0 saturated heterocycles. The topological polar surface area (TPSA) is 63.2 Å². The number of carbonyl (C=O) groups is 1. The van der Waals surface area contributed by atoms with Gasteiger partial charge in [-0.05, 0) is 48.6 Å². The zero-order valence-electron chi connectivity index (χ0n) is 11.1. The standard InChI is InChI=1S/C14H12ClN3O2S/c1-20-10-6-4-9(5-7-10)17-14(21)18-13(19)11-3-2-8-16-12(11)15/h2-8H,1H3,(H2,17,18,19,21). The molecule has 0 aliphatic carbocycles. The van der Waals surface area contributed by atoms with Crippen molar-refractivity contribution in [3.63, 3.8) is 0 Å². The molecule has 0 fully saturated rings. The Morgan fingerprint density at radius 3 is 2.62 bits per heavy atom. The first-order valence-electron chi connectivity index (χ1n) is 5.97. The maximum absolute atomic E-state index is 12.0. The molecule has 0 aliphatic heterocycles. The lowest BCUT2D eigenvalue weighted by atomic mass is 10.3. The molecule has 1 aromatic heterocycles. The molecule has 0 saturated carbocycles. The maximum Gasteiger partial charge on any atom is 0.260 e. The van der Waals surface area contributed by atoms with Gasteiger partial charge in [-0.15, -0.1) is 0 Å². The minimum Gasteiger partial charge on any atom is -0.497 e. The van der Waals surface area contributed by atoms with Crippen molar-refractivity contribution in [3.05, 3.63) is 53.3 Å². The predicted molar refractivity (Wildman–Crippen MR) is 85.9 cm³/mol. The molecule has 0 aliphatic rings. The number of nitrogens with one attached hydrogen (secondary N) is 2. The molecule has 0 unspecified atom stereocenters. The first-order chi connectivity index (χ1) is 10.1. The molecule has 1 aromatic carbocycles. The van der Waals surface area contributed by atoms with E-state index in [0.717, 1.165) is 11.4 Å². The van der Waals surface area contributed by atoms with Gasteiger partial charge in [0.1, 0.15) is 10.9 Å². The van der Waals surface area contributed by atoms with Gasteiger partial charge in [-0.2, -0.15) is 0 Å². The van der Waals surface area contributed by atoms with Crippen molar-refractivity contribution in [2.75, 3.05) is 12.4 Å². The van der Waals surface area contributed by atoms with Crippen LogP contribution in [0.15, 0.2) is 42.6 Å². The number of thiocarbonyl (C=S) groups is 1. The highest BCUT2D eigenvalue weighted by molar-refractivity contribution is 7.80. The van der Waals surface area contributed by atoms with Gasteiger partial charge >= 0.3 is 0 Å². The van der Waals surface area contributed by atoms with E-state index in [0.29, 0.717) is 0 Å². The quantitative estimate of drug-likeness (QED) is 0.672. The Morgan fingerprint density at radius 1 is 1.29 bits per heavy atom. The van der Waals surface area contributed by atoms with Crippen LogP contribution in [0.2, 0.25) is 5.15 Å². The molecule has 0 bridgehead atoms. The molecule has 5 nitrogen and oxygen atoms in total. The number of methoxy groups -OCH3 is 1. The van der Waals surface area contributed by atoms with Crippen LogP contribution >= 0.6 is 23.8 Å². The van der Waals surface area contributed by atoms with Crippen LogP contribution in [0.25, 0.3) is 0 Å². The van der Waals surface area contributed by atoms with Gasteiger partial charge in [0.15, 0.2) is 5.11 Å². The molecule has 1 heterocycles. The summed E-state index contributed by atoms with van der Waals surface area (Å²) in [7, 11) is 1.59. The molecule has 21 heavy (non-hydrogen) atoms. The van der Waals surface area contributed by atoms with Gasteiger partial charge in [0, 0.05) is 11.9 Å².